The molecule has 2 heteroatoms. The molecule has 0 bridgehead atoms. The van der Waals surface area contributed by atoms with Gasteiger partial charge in [0.2, 0.25) is 0 Å². The molecule has 0 spiro atoms. The standard InChI is InChI=1S/C7H12N2/c1-5-6(2)9-4-7(5)8-3/h4,8-9H,1-3H3. The minimum atomic E-state index is 1.19. The number of aryl methyl sites for hydroxylation is 1. The van der Waals surface area contributed by atoms with Crippen LogP contribution in [0, 0.1) is 13.8 Å². The summed E-state index contributed by atoms with van der Waals surface area (Å²) in [5.41, 5.74) is 3.73. The summed E-state index contributed by atoms with van der Waals surface area (Å²) in [7, 11) is 1.93. The van der Waals surface area contributed by atoms with E-state index in [1.165, 1.54) is 16.9 Å². The van der Waals surface area contributed by atoms with Crippen LogP contribution in [-0.4, -0.2) is 12.0 Å². The van der Waals surface area contributed by atoms with E-state index < -0.39 is 0 Å². The van der Waals surface area contributed by atoms with Crippen LogP contribution in [0.5, 0.6) is 0 Å². The van der Waals surface area contributed by atoms with Crippen molar-refractivity contribution in [2.24, 2.45) is 0 Å². The number of hydrogen-bond donors (Lipinski definition) is 2. The van der Waals surface area contributed by atoms with Crippen molar-refractivity contribution < 1.29 is 0 Å². The number of anilines is 1. The summed E-state index contributed by atoms with van der Waals surface area (Å²) in [5, 5.41) is 3.08. The molecule has 9 heavy (non-hydrogen) atoms. The number of nitrogens with one attached hydrogen (secondary N) is 2. The largest absolute Gasteiger partial charge is 0.387 e. The number of aromatic amines is 1. The zero-order valence-electron chi connectivity index (χ0n) is 6.08. The Balaban J connectivity index is 3.04. The van der Waals surface area contributed by atoms with Crippen molar-refractivity contribution in [3.05, 3.63) is 17.5 Å². The molecule has 50 valence electrons. The van der Waals surface area contributed by atoms with E-state index in [2.05, 4.69) is 24.1 Å². The van der Waals surface area contributed by atoms with Crippen LogP contribution in [0.15, 0.2) is 6.20 Å². The molecule has 1 aromatic rings. The van der Waals surface area contributed by atoms with Crippen molar-refractivity contribution in [3.63, 3.8) is 0 Å². The first-order chi connectivity index (χ1) is 4.25. The topological polar surface area (TPSA) is 27.8 Å². The van der Waals surface area contributed by atoms with Gasteiger partial charge in [-0.25, -0.2) is 0 Å². The summed E-state index contributed by atoms with van der Waals surface area (Å²) in [6, 6.07) is 0. The molecule has 0 aromatic carbocycles. The fourth-order valence-corrected chi connectivity index (χ4v) is 0.859. The molecular weight excluding hydrogens is 112 g/mol. The van der Waals surface area contributed by atoms with Gasteiger partial charge in [-0.15, -0.1) is 0 Å². The zero-order chi connectivity index (χ0) is 6.85. The third-order valence-electron chi connectivity index (χ3n) is 1.67. The number of H-pyrrole nitrogens is 1. The summed E-state index contributed by atoms with van der Waals surface area (Å²) in [5.74, 6) is 0. The predicted octanol–water partition coefficient (Wildman–Crippen LogP) is 1.67. The molecule has 0 unspecified atom stereocenters. The third-order valence-corrected chi connectivity index (χ3v) is 1.67. The minimum Gasteiger partial charge on any atom is -0.387 e. The van der Waals surface area contributed by atoms with Crippen LogP contribution in [0.4, 0.5) is 5.69 Å². The lowest BCUT2D eigenvalue weighted by Crippen LogP contribution is -1.86. The molecule has 0 fully saturated rings. The molecule has 0 saturated carbocycles. The fraction of sp³-hybridized carbons (Fsp3) is 0.429. The van der Waals surface area contributed by atoms with E-state index >= 15 is 0 Å². The lowest BCUT2D eigenvalue weighted by Gasteiger charge is -1.94. The van der Waals surface area contributed by atoms with E-state index in [9.17, 15) is 0 Å². The van der Waals surface area contributed by atoms with Gasteiger partial charge in [0.25, 0.3) is 0 Å². The van der Waals surface area contributed by atoms with Crippen LogP contribution < -0.4 is 5.32 Å². The Morgan fingerprint density at radius 1 is 1.44 bits per heavy atom. The minimum absolute atomic E-state index is 1.19. The van der Waals surface area contributed by atoms with Gasteiger partial charge in [0, 0.05) is 18.9 Å². The lowest BCUT2D eigenvalue weighted by molar-refractivity contribution is 1.23. The molecule has 1 rings (SSSR count). The second-order valence-electron chi connectivity index (χ2n) is 2.20. The molecule has 0 saturated heterocycles. The molecule has 2 N–H and O–H groups in total. The van der Waals surface area contributed by atoms with Gasteiger partial charge >= 0.3 is 0 Å². The maximum absolute atomic E-state index is 3.13. The fourth-order valence-electron chi connectivity index (χ4n) is 0.859. The lowest BCUT2D eigenvalue weighted by atomic mass is 10.2. The van der Waals surface area contributed by atoms with Crippen LogP contribution in [0.3, 0.4) is 0 Å². The van der Waals surface area contributed by atoms with Crippen molar-refractivity contribution in [2.75, 3.05) is 12.4 Å². The van der Waals surface area contributed by atoms with Crippen molar-refractivity contribution in [1.82, 2.24) is 4.98 Å². The van der Waals surface area contributed by atoms with Gasteiger partial charge in [-0.1, -0.05) is 0 Å². The van der Waals surface area contributed by atoms with Gasteiger partial charge in [0.05, 0.1) is 5.69 Å². The number of rotatable bonds is 1. The number of hydrogen-bond acceptors (Lipinski definition) is 1. The Hall–Kier alpha value is -0.920. The average Bonchev–Trinajstić information content (AvgIpc) is 2.15. The average molecular weight is 124 g/mol. The van der Waals surface area contributed by atoms with Gasteiger partial charge in [0.1, 0.15) is 0 Å². The molecule has 0 aliphatic rings. The molecule has 1 aromatic heterocycles. The third kappa shape index (κ3) is 0.922. The molecule has 2 nitrogen and oxygen atoms in total. The predicted molar refractivity (Wildman–Crippen MR) is 39.8 cm³/mol. The summed E-state index contributed by atoms with van der Waals surface area (Å²) >= 11 is 0. The van der Waals surface area contributed by atoms with Crippen LogP contribution >= 0.6 is 0 Å². The van der Waals surface area contributed by atoms with Crippen molar-refractivity contribution >= 4 is 5.69 Å². The van der Waals surface area contributed by atoms with E-state index in [0.29, 0.717) is 0 Å². The Bertz CT molecular complexity index is 201. The van der Waals surface area contributed by atoms with Crippen LogP contribution in [0.25, 0.3) is 0 Å². The first kappa shape index (κ1) is 6.20. The van der Waals surface area contributed by atoms with Crippen molar-refractivity contribution in [3.8, 4) is 0 Å². The Labute approximate surface area is 55.3 Å². The monoisotopic (exact) mass is 124 g/mol. The second kappa shape index (κ2) is 2.13. The van der Waals surface area contributed by atoms with Gasteiger partial charge in [-0.2, -0.15) is 0 Å². The SMILES string of the molecule is CNc1c[nH]c(C)c1C. The van der Waals surface area contributed by atoms with Crippen LogP contribution in [0.1, 0.15) is 11.3 Å². The first-order valence-electron chi connectivity index (χ1n) is 3.08. The van der Waals surface area contributed by atoms with E-state index in [1.54, 1.807) is 0 Å². The van der Waals surface area contributed by atoms with Gasteiger partial charge < -0.3 is 10.3 Å². The zero-order valence-corrected chi connectivity index (χ0v) is 6.08. The first-order valence-corrected chi connectivity index (χ1v) is 3.08. The molecule has 0 radical (unpaired) electrons. The molecule has 0 aliphatic carbocycles. The second-order valence-corrected chi connectivity index (χ2v) is 2.20. The highest BCUT2D eigenvalue weighted by atomic mass is 14.9. The van der Waals surface area contributed by atoms with E-state index in [4.69, 9.17) is 0 Å². The van der Waals surface area contributed by atoms with E-state index in [1.807, 2.05) is 13.2 Å². The van der Waals surface area contributed by atoms with Crippen molar-refractivity contribution in [2.45, 2.75) is 13.8 Å². The summed E-state index contributed by atoms with van der Waals surface area (Å²) in [4.78, 5) is 3.13. The van der Waals surface area contributed by atoms with E-state index in [0.717, 1.165) is 0 Å². The Morgan fingerprint density at radius 3 is 2.33 bits per heavy atom. The molecule has 0 aliphatic heterocycles. The quantitative estimate of drug-likeness (QED) is 0.585. The maximum atomic E-state index is 3.13. The molecule has 0 amide bonds. The van der Waals surface area contributed by atoms with Crippen LogP contribution in [-0.2, 0) is 0 Å². The Kier molecular flexibility index (Phi) is 1.47. The van der Waals surface area contributed by atoms with Gasteiger partial charge in [-0.3, -0.25) is 0 Å². The molecule has 0 atom stereocenters. The highest BCUT2D eigenvalue weighted by molar-refractivity contribution is 5.51. The Morgan fingerprint density at radius 2 is 2.11 bits per heavy atom. The van der Waals surface area contributed by atoms with Crippen molar-refractivity contribution in [1.29, 1.82) is 0 Å². The van der Waals surface area contributed by atoms with Crippen LogP contribution in [0.2, 0.25) is 0 Å². The van der Waals surface area contributed by atoms with Gasteiger partial charge in [-0.05, 0) is 19.4 Å². The smallest absolute Gasteiger partial charge is 0.0547 e. The molecular formula is C7H12N2. The summed E-state index contributed by atoms with van der Waals surface area (Å²) in [6.45, 7) is 4.16. The molecule has 1 heterocycles. The summed E-state index contributed by atoms with van der Waals surface area (Å²) < 4.78 is 0. The van der Waals surface area contributed by atoms with Gasteiger partial charge in [0.15, 0.2) is 0 Å². The highest BCUT2D eigenvalue weighted by Crippen LogP contribution is 2.15. The maximum Gasteiger partial charge on any atom is 0.0547 e. The summed E-state index contributed by atoms with van der Waals surface area (Å²) in [6.07, 6.45) is 1.98. The highest BCUT2D eigenvalue weighted by Gasteiger charge is 1.98. The normalized spacial score (nSPS) is 9.67. The van der Waals surface area contributed by atoms with E-state index in [-0.39, 0.29) is 0 Å². The number of aromatic nitrogens is 1.